The van der Waals surface area contributed by atoms with E-state index in [4.69, 9.17) is 5.11 Å². The average molecular weight is 154 g/mol. The van der Waals surface area contributed by atoms with E-state index in [1.807, 2.05) is 0 Å². The standard InChI is InChI=1S/C9H14O2/c1-9(11)7-5-3-2-4-6-8-10/h10H,3,5-8H2,1H3. The Labute approximate surface area is 67.6 Å². The largest absolute Gasteiger partial charge is 0.395 e. The minimum Gasteiger partial charge on any atom is -0.395 e. The van der Waals surface area contributed by atoms with Gasteiger partial charge in [0, 0.05) is 19.3 Å². The summed E-state index contributed by atoms with van der Waals surface area (Å²) in [5.74, 6) is 5.89. The smallest absolute Gasteiger partial charge is 0.129 e. The van der Waals surface area contributed by atoms with Gasteiger partial charge in [-0.1, -0.05) is 0 Å². The van der Waals surface area contributed by atoms with Crippen LogP contribution in [0.15, 0.2) is 0 Å². The van der Waals surface area contributed by atoms with Crippen LogP contribution in [0.3, 0.4) is 0 Å². The van der Waals surface area contributed by atoms with E-state index < -0.39 is 0 Å². The zero-order valence-corrected chi connectivity index (χ0v) is 6.89. The Bertz CT molecular complexity index is 162. The summed E-state index contributed by atoms with van der Waals surface area (Å²) >= 11 is 0. The predicted octanol–water partition coefficient (Wildman–Crippen LogP) is 1.13. The van der Waals surface area contributed by atoms with Crippen molar-refractivity contribution in [2.45, 2.75) is 32.6 Å². The molecule has 0 aromatic rings. The lowest BCUT2D eigenvalue weighted by molar-refractivity contribution is -0.117. The van der Waals surface area contributed by atoms with Gasteiger partial charge in [-0.05, 0) is 13.3 Å². The third-order valence-corrected chi connectivity index (χ3v) is 1.19. The number of hydrogen-bond acceptors (Lipinski definition) is 2. The van der Waals surface area contributed by atoms with Crippen molar-refractivity contribution in [2.24, 2.45) is 0 Å². The second-order valence-corrected chi connectivity index (χ2v) is 2.38. The van der Waals surface area contributed by atoms with E-state index in [0.29, 0.717) is 12.8 Å². The first-order valence-electron chi connectivity index (χ1n) is 3.83. The summed E-state index contributed by atoms with van der Waals surface area (Å²) in [6, 6.07) is 0. The number of aliphatic hydroxyl groups is 1. The van der Waals surface area contributed by atoms with E-state index in [-0.39, 0.29) is 12.4 Å². The number of aliphatic hydroxyl groups excluding tert-OH is 1. The van der Waals surface area contributed by atoms with Crippen LogP contribution < -0.4 is 0 Å². The fraction of sp³-hybridized carbons (Fsp3) is 0.667. The van der Waals surface area contributed by atoms with Crippen molar-refractivity contribution in [2.75, 3.05) is 6.61 Å². The maximum atomic E-state index is 10.4. The maximum Gasteiger partial charge on any atom is 0.129 e. The Morgan fingerprint density at radius 2 is 2.00 bits per heavy atom. The fourth-order valence-electron chi connectivity index (χ4n) is 0.658. The average Bonchev–Trinajstić information content (AvgIpc) is 1.96. The summed E-state index contributed by atoms with van der Waals surface area (Å²) in [5, 5.41) is 8.35. The van der Waals surface area contributed by atoms with Gasteiger partial charge in [0.15, 0.2) is 0 Å². The molecule has 11 heavy (non-hydrogen) atoms. The first kappa shape index (κ1) is 10.2. The van der Waals surface area contributed by atoms with Crippen molar-refractivity contribution in [3.8, 4) is 11.8 Å². The van der Waals surface area contributed by atoms with Crippen LogP contribution in [0.2, 0.25) is 0 Å². The zero-order valence-electron chi connectivity index (χ0n) is 6.89. The SMILES string of the molecule is CC(=O)CCCC#CCCO. The highest BCUT2D eigenvalue weighted by atomic mass is 16.2. The van der Waals surface area contributed by atoms with Gasteiger partial charge < -0.3 is 9.90 Å². The highest BCUT2D eigenvalue weighted by Crippen LogP contribution is 1.93. The normalized spacial score (nSPS) is 8.55. The maximum absolute atomic E-state index is 10.4. The number of carbonyl (C=O) groups is 1. The number of ketones is 1. The van der Waals surface area contributed by atoms with Crippen molar-refractivity contribution in [3.63, 3.8) is 0 Å². The highest BCUT2D eigenvalue weighted by Gasteiger charge is 1.89. The van der Waals surface area contributed by atoms with Crippen molar-refractivity contribution >= 4 is 5.78 Å². The molecule has 0 aliphatic rings. The molecule has 2 heteroatoms. The molecule has 0 atom stereocenters. The third kappa shape index (κ3) is 9.19. The Hall–Kier alpha value is -0.810. The molecule has 2 nitrogen and oxygen atoms in total. The summed E-state index contributed by atoms with van der Waals surface area (Å²) < 4.78 is 0. The lowest BCUT2D eigenvalue weighted by atomic mass is 10.2. The summed E-state index contributed by atoms with van der Waals surface area (Å²) in [6.07, 6.45) is 2.77. The molecule has 0 bridgehead atoms. The van der Waals surface area contributed by atoms with Gasteiger partial charge in [0.1, 0.15) is 5.78 Å². The molecule has 0 saturated heterocycles. The lowest BCUT2D eigenvalue weighted by Gasteiger charge is -1.88. The van der Waals surface area contributed by atoms with E-state index in [2.05, 4.69) is 11.8 Å². The second kappa shape index (κ2) is 7.30. The first-order chi connectivity index (χ1) is 5.27. The van der Waals surface area contributed by atoms with Gasteiger partial charge in [-0.2, -0.15) is 0 Å². The van der Waals surface area contributed by atoms with Crippen LogP contribution in [0.5, 0.6) is 0 Å². The molecule has 0 fully saturated rings. The Balaban J connectivity index is 3.15. The molecule has 1 N–H and O–H groups in total. The van der Waals surface area contributed by atoms with Crippen LogP contribution in [-0.4, -0.2) is 17.5 Å². The molecule has 0 amide bonds. The van der Waals surface area contributed by atoms with Crippen molar-refractivity contribution in [1.82, 2.24) is 0 Å². The Morgan fingerprint density at radius 1 is 1.36 bits per heavy atom. The summed E-state index contributed by atoms with van der Waals surface area (Å²) in [5.41, 5.74) is 0. The van der Waals surface area contributed by atoms with Gasteiger partial charge in [0.05, 0.1) is 6.61 Å². The number of hydrogen-bond donors (Lipinski definition) is 1. The molecule has 0 aliphatic carbocycles. The quantitative estimate of drug-likeness (QED) is 0.487. The molecule has 0 aromatic heterocycles. The number of rotatable bonds is 4. The monoisotopic (exact) mass is 154 g/mol. The molecule has 0 rings (SSSR count). The molecule has 0 aromatic carbocycles. The van der Waals surface area contributed by atoms with Gasteiger partial charge in [0.25, 0.3) is 0 Å². The number of Topliss-reactive ketones (excluding diaryl/α,β-unsaturated/α-hetero) is 1. The predicted molar refractivity (Wildman–Crippen MR) is 44.0 cm³/mol. The number of carbonyl (C=O) groups excluding carboxylic acids is 1. The van der Waals surface area contributed by atoms with Crippen molar-refractivity contribution in [1.29, 1.82) is 0 Å². The molecular weight excluding hydrogens is 140 g/mol. The first-order valence-corrected chi connectivity index (χ1v) is 3.83. The van der Waals surface area contributed by atoms with Crippen LogP contribution in [0.1, 0.15) is 32.6 Å². The lowest BCUT2D eigenvalue weighted by Crippen LogP contribution is -1.87. The molecule has 0 saturated carbocycles. The van der Waals surface area contributed by atoms with Gasteiger partial charge >= 0.3 is 0 Å². The van der Waals surface area contributed by atoms with Gasteiger partial charge in [-0.3, -0.25) is 0 Å². The minimum atomic E-state index is 0.125. The molecule has 0 radical (unpaired) electrons. The van der Waals surface area contributed by atoms with Crippen LogP contribution >= 0.6 is 0 Å². The molecule has 62 valence electrons. The van der Waals surface area contributed by atoms with Crippen LogP contribution in [0, 0.1) is 11.8 Å². The summed E-state index contributed by atoms with van der Waals surface area (Å²) in [4.78, 5) is 10.4. The molecule has 0 aliphatic heterocycles. The van der Waals surface area contributed by atoms with Crippen molar-refractivity contribution < 1.29 is 9.90 Å². The topological polar surface area (TPSA) is 37.3 Å². The fourth-order valence-corrected chi connectivity index (χ4v) is 0.658. The van der Waals surface area contributed by atoms with E-state index >= 15 is 0 Å². The van der Waals surface area contributed by atoms with Crippen molar-refractivity contribution in [3.05, 3.63) is 0 Å². The molecular formula is C9H14O2. The zero-order chi connectivity index (χ0) is 8.53. The Morgan fingerprint density at radius 3 is 2.55 bits per heavy atom. The highest BCUT2D eigenvalue weighted by molar-refractivity contribution is 5.75. The molecule has 0 spiro atoms. The molecule has 0 unspecified atom stereocenters. The molecule has 0 heterocycles. The third-order valence-electron chi connectivity index (χ3n) is 1.19. The minimum absolute atomic E-state index is 0.125. The summed E-state index contributed by atoms with van der Waals surface area (Å²) in [7, 11) is 0. The van der Waals surface area contributed by atoms with Crippen LogP contribution in [-0.2, 0) is 4.79 Å². The Kier molecular flexibility index (Phi) is 6.76. The van der Waals surface area contributed by atoms with Crippen LogP contribution in [0.25, 0.3) is 0 Å². The van der Waals surface area contributed by atoms with Gasteiger partial charge in [-0.15, -0.1) is 11.8 Å². The van der Waals surface area contributed by atoms with Gasteiger partial charge in [-0.25, -0.2) is 0 Å². The van der Waals surface area contributed by atoms with E-state index in [0.717, 1.165) is 12.8 Å². The van der Waals surface area contributed by atoms with E-state index in [1.165, 1.54) is 0 Å². The van der Waals surface area contributed by atoms with Gasteiger partial charge in [0.2, 0.25) is 0 Å². The second-order valence-electron chi connectivity index (χ2n) is 2.38. The van der Waals surface area contributed by atoms with E-state index in [1.54, 1.807) is 6.92 Å². The number of unbranched alkanes of at least 4 members (excludes halogenated alkanes) is 1. The van der Waals surface area contributed by atoms with Crippen LogP contribution in [0.4, 0.5) is 0 Å². The van der Waals surface area contributed by atoms with E-state index in [9.17, 15) is 4.79 Å². The summed E-state index contributed by atoms with van der Waals surface area (Å²) in [6.45, 7) is 1.71.